The Hall–Kier alpha value is -1.46. The monoisotopic (exact) mass is 347 g/mol. The molecule has 2 atom stereocenters. The summed E-state index contributed by atoms with van der Waals surface area (Å²) < 4.78 is 27.7. The molecule has 0 aromatic heterocycles. The number of benzene rings is 1. The first-order chi connectivity index (χ1) is 11.1. The van der Waals surface area contributed by atoms with Crippen LogP contribution in [0.15, 0.2) is 40.3 Å². The van der Waals surface area contributed by atoms with Gasteiger partial charge in [0.2, 0.25) is 10.0 Å². The van der Waals surface area contributed by atoms with Crippen molar-refractivity contribution in [3.05, 3.63) is 41.0 Å². The molecule has 4 nitrogen and oxygen atoms in total. The molecule has 0 amide bonds. The van der Waals surface area contributed by atoms with Gasteiger partial charge in [0, 0.05) is 25.4 Å². The zero-order valence-electron chi connectivity index (χ0n) is 14.8. The second-order valence-corrected chi connectivity index (χ2v) is 9.77. The predicted molar refractivity (Wildman–Crippen MR) is 94.1 cm³/mol. The van der Waals surface area contributed by atoms with Crippen LogP contribution >= 0.6 is 0 Å². The zero-order valence-corrected chi connectivity index (χ0v) is 15.6. The Morgan fingerprint density at radius 2 is 1.83 bits per heavy atom. The third-order valence-corrected chi connectivity index (χ3v) is 7.04. The Balaban J connectivity index is 1.98. The van der Waals surface area contributed by atoms with E-state index in [4.69, 9.17) is 0 Å². The average molecular weight is 347 g/mol. The highest BCUT2D eigenvalue weighted by molar-refractivity contribution is 7.89. The van der Waals surface area contributed by atoms with Crippen LogP contribution in [0.2, 0.25) is 0 Å². The molecule has 1 aromatic carbocycles. The maximum absolute atomic E-state index is 13.1. The Morgan fingerprint density at radius 1 is 1.21 bits per heavy atom. The molecule has 2 bridgehead atoms. The molecule has 0 N–H and O–H groups in total. The first-order valence-corrected chi connectivity index (χ1v) is 9.84. The number of ketones is 1. The lowest BCUT2D eigenvalue weighted by molar-refractivity contribution is -0.121. The van der Waals surface area contributed by atoms with E-state index in [1.807, 2.05) is 39.8 Å². The molecule has 0 unspecified atom stereocenters. The van der Waals surface area contributed by atoms with Crippen LogP contribution in [0.3, 0.4) is 0 Å². The molecule has 5 heteroatoms. The van der Waals surface area contributed by atoms with Crippen molar-refractivity contribution in [2.24, 2.45) is 11.3 Å². The van der Waals surface area contributed by atoms with Gasteiger partial charge in [-0.15, -0.1) is 0 Å². The van der Waals surface area contributed by atoms with Gasteiger partial charge in [-0.25, -0.2) is 8.42 Å². The second-order valence-electron chi connectivity index (χ2n) is 7.84. The highest BCUT2D eigenvalue weighted by atomic mass is 32.2. The van der Waals surface area contributed by atoms with E-state index in [9.17, 15) is 13.2 Å². The van der Waals surface area contributed by atoms with Gasteiger partial charge in [-0.1, -0.05) is 30.2 Å². The summed E-state index contributed by atoms with van der Waals surface area (Å²) in [7, 11) is -3.53. The van der Waals surface area contributed by atoms with Crippen LogP contribution in [-0.2, 0) is 14.8 Å². The van der Waals surface area contributed by atoms with Gasteiger partial charge in [0.25, 0.3) is 0 Å². The molecule has 1 heterocycles. The van der Waals surface area contributed by atoms with Gasteiger partial charge in [0.05, 0.1) is 4.90 Å². The minimum atomic E-state index is -3.53. The Bertz CT molecular complexity index is 804. The number of fused-ring (bicyclic) bond motifs is 2. The summed E-state index contributed by atoms with van der Waals surface area (Å²) >= 11 is 0. The number of rotatable bonds is 2. The van der Waals surface area contributed by atoms with Gasteiger partial charge in [-0.05, 0) is 50.3 Å². The van der Waals surface area contributed by atoms with Crippen molar-refractivity contribution in [2.45, 2.75) is 45.4 Å². The minimum Gasteiger partial charge on any atom is -0.295 e. The molecule has 1 aromatic rings. The normalized spacial score (nSPS) is 28.1. The van der Waals surface area contributed by atoms with Crippen LogP contribution in [0, 0.1) is 18.3 Å². The van der Waals surface area contributed by atoms with E-state index >= 15 is 0 Å². The quantitative estimate of drug-likeness (QED) is 0.771. The number of hydrogen-bond acceptors (Lipinski definition) is 3. The summed E-state index contributed by atoms with van der Waals surface area (Å²) in [4.78, 5) is 12.8. The summed E-state index contributed by atoms with van der Waals surface area (Å²) in [5.41, 5.74) is 2.63. The predicted octanol–water partition coefficient (Wildman–Crippen LogP) is 3.32. The number of hydrogen-bond donors (Lipinski definition) is 0. The van der Waals surface area contributed by atoms with Gasteiger partial charge in [-0.3, -0.25) is 4.79 Å². The lowest BCUT2D eigenvalue weighted by Gasteiger charge is -2.48. The first-order valence-electron chi connectivity index (χ1n) is 8.40. The van der Waals surface area contributed by atoms with E-state index in [0.29, 0.717) is 24.4 Å². The minimum absolute atomic E-state index is 0.00947. The molecule has 3 rings (SSSR count). The standard InChI is InChI=1S/C19H25NO3S/c1-13(2)18-15-9-19(4,10-17(18)21)12-20(11-15)24(22,23)16-7-5-14(3)6-8-16/h5-8,15H,9-12H2,1-4H3/t15-,19-/m0/s1. The average Bonchev–Trinajstić information content (AvgIpc) is 2.45. The molecule has 1 aliphatic carbocycles. The van der Waals surface area contributed by atoms with Crippen LogP contribution in [0.1, 0.15) is 39.2 Å². The summed E-state index contributed by atoms with van der Waals surface area (Å²) in [6.45, 7) is 8.69. The summed E-state index contributed by atoms with van der Waals surface area (Å²) in [5, 5.41) is 0. The number of nitrogens with zero attached hydrogens (tertiary/aromatic N) is 1. The molecule has 0 radical (unpaired) electrons. The van der Waals surface area contributed by atoms with Crippen molar-refractivity contribution in [2.75, 3.05) is 13.1 Å². The van der Waals surface area contributed by atoms with E-state index in [1.54, 1.807) is 16.4 Å². The van der Waals surface area contributed by atoms with Crippen LogP contribution < -0.4 is 0 Å². The molecule has 130 valence electrons. The highest BCUT2D eigenvalue weighted by Gasteiger charge is 2.48. The van der Waals surface area contributed by atoms with Gasteiger partial charge < -0.3 is 0 Å². The lowest BCUT2D eigenvalue weighted by atomic mass is 9.65. The fraction of sp³-hybridized carbons (Fsp3) is 0.526. The fourth-order valence-corrected chi connectivity index (χ4v) is 5.86. The van der Waals surface area contributed by atoms with Gasteiger partial charge in [0.1, 0.15) is 0 Å². The van der Waals surface area contributed by atoms with Crippen LogP contribution in [0.5, 0.6) is 0 Å². The molecule has 0 spiro atoms. The van der Waals surface area contributed by atoms with Crippen molar-refractivity contribution in [1.29, 1.82) is 0 Å². The number of sulfonamides is 1. The maximum atomic E-state index is 13.1. The van der Waals surface area contributed by atoms with Crippen molar-refractivity contribution < 1.29 is 13.2 Å². The Labute approximate surface area is 144 Å². The van der Waals surface area contributed by atoms with E-state index < -0.39 is 10.0 Å². The smallest absolute Gasteiger partial charge is 0.243 e. The number of Topliss-reactive ketones (excluding diaryl/α,β-unsaturated/α-hetero) is 1. The fourth-order valence-electron chi connectivity index (χ4n) is 4.22. The topological polar surface area (TPSA) is 54.5 Å². The molecule has 1 saturated carbocycles. The van der Waals surface area contributed by atoms with E-state index in [0.717, 1.165) is 23.1 Å². The maximum Gasteiger partial charge on any atom is 0.243 e. The van der Waals surface area contributed by atoms with E-state index in [-0.39, 0.29) is 17.1 Å². The van der Waals surface area contributed by atoms with E-state index in [2.05, 4.69) is 0 Å². The Morgan fingerprint density at radius 3 is 2.42 bits per heavy atom. The number of carbonyl (C=O) groups excluding carboxylic acids is 1. The van der Waals surface area contributed by atoms with E-state index in [1.165, 1.54) is 0 Å². The van der Waals surface area contributed by atoms with Crippen molar-refractivity contribution in [1.82, 2.24) is 4.31 Å². The van der Waals surface area contributed by atoms with Crippen LogP contribution in [0.25, 0.3) is 0 Å². The number of piperidine rings is 1. The number of carbonyl (C=O) groups is 1. The van der Waals surface area contributed by atoms with Crippen molar-refractivity contribution >= 4 is 15.8 Å². The van der Waals surface area contributed by atoms with Gasteiger partial charge in [-0.2, -0.15) is 4.31 Å². The first kappa shape index (κ1) is 17.4. The summed E-state index contributed by atoms with van der Waals surface area (Å²) in [6.07, 6.45) is 1.32. The molecule has 2 aliphatic rings. The zero-order chi connectivity index (χ0) is 17.7. The third kappa shape index (κ3) is 2.95. The number of allylic oxidation sites excluding steroid dienone is 1. The van der Waals surface area contributed by atoms with Crippen LogP contribution in [0.4, 0.5) is 0 Å². The SMILES string of the molecule is CC(C)=C1C(=O)C[C@]2(C)C[C@H]1CN(S(=O)(=O)c1ccc(C)cc1)C2. The summed E-state index contributed by atoms with van der Waals surface area (Å²) in [5.74, 6) is 0.205. The molecule has 24 heavy (non-hydrogen) atoms. The second kappa shape index (κ2) is 5.81. The van der Waals surface area contributed by atoms with Gasteiger partial charge >= 0.3 is 0 Å². The molecule has 1 saturated heterocycles. The van der Waals surface area contributed by atoms with Gasteiger partial charge in [0.15, 0.2) is 5.78 Å². The largest absolute Gasteiger partial charge is 0.295 e. The molecule has 2 fully saturated rings. The van der Waals surface area contributed by atoms with Crippen molar-refractivity contribution in [3.63, 3.8) is 0 Å². The highest BCUT2D eigenvalue weighted by Crippen LogP contribution is 2.46. The lowest BCUT2D eigenvalue weighted by Crippen LogP contribution is -2.53. The molecular formula is C19H25NO3S. The third-order valence-electron chi connectivity index (χ3n) is 5.21. The Kier molecular flexibility index (Phi) is 4.21. The van der Waals surface area contributed by atoms with Crippen LogP contribution in [-0.4, -0.2) is 31.6 Å². The summed E-state index contributed by atoms with van der Waals surface area (Å²) in [6, 6.07) is 6.99. The number of aryl methyl sites for hydroxylation is 1. The molecule has 1 aliphatic heterocycles. The molecular weight excluding hydrogens is 322 g/mol. The van der Waals surface area contributed by atoms with Crippen molar-refractivity contribution in [3.8, 4) is 0 Å².